The molecule has 2 heterocycles. The van der Waals surface area contributed by atoms with Gasteiger partial charge in [0.15, 0.2) is 0 Å². The minimum Gasteiger partial charge on any atom is -0.304 e. The van der Waals surface area contributed by atoms with Crippen LogP contribution in [-0.2, 0) is 6.42 Å². The number of benzene rings is 3. The number of fused-ring (bicyclic) bond motifs is 2. The van der Waals surface area contributed by atoms with Gasteiger partial charge >= 0.3 is 0 Å². The Morgan fingerprint density at radius 1 is 0.774 bits per heavy atom. The van der Waals surface area contributed by atoms with Gasteiger partial charge in [0.05, 0.1) is 0 Å². The number of pyridine rings is 1. The van der Waals surface area contributed by atoms with E-state index >= 15 is 0 Å². The maximum absolute atomic E-state index is 4.57. The SMILES string of the molecule is CN1CCN(CCCc2c3ccccc3c(Sc3ccccn3)c3ccccc23)CC1. The molecule has 1 saturated heterocycles. The molecule has 4 aromatic rings. The van der Waals surface area contributed by atoms with Crippen LogP contribution >= 0.6 is 11.8 Å². The van der Waals surface area contributed by atoms with E-state index in [1.54, 1.807) is 11.8 Å². The van der Waals surface area contributed by atoms with E-state index in [1.807, 2.05) is 12.3 Å². The van der Waals surface area contributed by atoms with Crippen LogP contribution in [0, 0.1) is 0 Å². The predicted molar refractivity (Wildman–Crippen MR) is 132 cm³/mol. The number of rotatable bonds is 6. The lowest BCUT2D eigenvalue weighted by molar-refractivity contribution is 0.153. The van der Waals surface area contributed by atoms with Crippen LogP contribution in [-0.4, -0.2) is 54.6 Å². The fraction of sp³-hybridized carbons (Fsp3) is 0.296. The summed E-state index contributed by atoms with van der Waals surface area (Å²) in [5.74, 6) is 0. The van der Waals surface area contributed by atoms with E-state index in [-0.39, 0.29) is 0 Å². The Morgan fingerprint density at radius 3 is 2.00 bits per heavy atom. The monoisotopic (exact) mass is 427 g/mol. The van der Waals surface area contributed by atoms with Crippen molar-refractivity contribution < 1.29 is 0 Å². The third kappa shape index (κ3) is 4.47. The number of nitrogens with zero attached hydrogens (tertiary/aromatic N) is 3. The standard InChI is InChI=1S/C27H29N3S/c1-29-17-19-30(20-18-29)16-8-13-21-22-9-2-4-11-24(22)27(25-12-5-3-10-23(21)25)31-26-14-6-7-15-28-26/h2-7,9-12,14-15H,8,13,16-20H2,1H3. The Labute approximate surface area is 189 Å². The summed E-state index contributed by atoms with van der Waals surface area (Å²) < 4.78 is 0. The molecular formula is C27H29N3S. The minimum absolute atomic E-state index is 1.04. The summed E-state index contributed by atoms with van der Waals surface area (Å²) in [6, 6.07) is 24.0. The van der Waals surface area contributed by atoms with E-state index in [0.29, 0.717) is 0 Å². The second kappa shape index (κ2) is 9.39. The average Bonchev–Trinajstić information content (AvgIpc) is 2.82. The third-order valence-corrected chi connectivity index (χ3v) is 7.43. The minimum atomic E-state index is 1.04. The number of likely N-dealkylation sites (N-methyl/N-ethyl adjacent to an activating group) is 1. The Kier molecular flexibility index (Phi) is 6.21. The molecule has 5 rings (SSSR count). The van der Waals surface area contributed by atoms with E-state index in [0.717, 1.165) is 11.4 Å². The highest BCUT2D eigenvalue weighted by Crippen LogP contribution is 2.41. The first-order valence-corrected chi connectivity index (χ1v) is 12.0. The van der Waals surface area contributed by atoms with Crippen LogP contribution in [0.3, 0.4) is 0 Å². The molecular weight excluding hydrogens is 398 g/mol. The van der Waals surface area contributed by atoms with Crippen LogP contribution in [0.15, 0.2) is 82.8 Å². The normalized spacial score (nSPS) is 15.6. The Balaban J connectivity index is 1.50. The molecule has 0 bridgehead atoms. The average molecular weight is 428 g/mol. The van der Waals surface area contributed by atoms with Gasteiger partial charge in [-0.1, -0.05) is 66.4 Å². The van der Waals surface area contributed by atoms with Crippen molar-refractivity contribution in [2.45, 2.75) is 22.8 Å². The van der Waals surface area contributed by atoms with Crippen molar-refractivity contribution in [2.24, 2.45) is 0 Å². The first kappa shape index (κ1) is 20.5. The topological polar surface area (TPSA) is 19.4 Å². The smallest absolute Gasteiger partial charge is 0.101 e. The zero-order chi connectivity index (χ0) is 21.0. The Hall–Kier alpha value is -2.40. The van der Waals surface area contributed by atoms with E-state index in [4.69, 9.17) is 0 Å². The van der Waals surface area contributed by atoms with Crippen LogP contribution in [0.2, 0.25) is 0 Å². The van der Waals surface area contributed by atoms with E-state index in [1.165, 1.54) is 71.1 Å². The van der Waals surface area contributed by atoms with Crippen molar-refractivity contribution >= 4 is 33.3 Å². The van der Waals surface area contributed by atoms with Gasteiger partial charge in [-0.15, -0.1) is 0 Å². The lowest BCUT2D eigenvalue weighted by Gasteiger charge is -2.32. The van der Waals surface area contributed by atoms with Gasteiger partial charge in [0.2, 0.25) is 0 Å². The van der Waals surface area contributed by atoms with E-state index < -0.39 is 0 Å². The van der Waals surface area contributed by atoms with Crippen LogP contribution < -0.4 is 0 Å². The fourth-order valence-corrected chi connectivity index (χ4v) is 5.67. The molecule has 0 radical (unpaired) electrons. The maximum Gasteiger partial charge on any atom is 0.101 e. The van der Waals surface area contributed by atoms with Crippen molar-refractivity contribution in [3.63, 3.8) is 0 Å². The van der Waals surface area contributed by atoms with Crippen molar-refractivity contribution in [3.05, 3.63) is 78.5 Å². The fourth-order valence-electron chi connectivity index (χ4n) is 4.62. The molecule has 0 spiro atoms. The molecule has 31 heavy (non-hydrogen) atoms. The van der Waals surface area contributed by atoms with Gasteiger partial charge in [-0.3, -0.25) is 0 Å². The zero-order valence-electron chi connectivity index (χ0n) is 18.1. The van der Waals surface area contributed by atoms with Gasteiger partial charge in [-0.2, -0.15) is 0 Å². The molecule has 0 saturated carbocycles. The lowest BCUT2D eigenvalue weighted by Crippen LogP contribution is -2.44. The second-order valence-electron chi connectivity index (χ2n) is 8.42. The molecule has 1 fully saturated rings. The first-order valence-electron chi connectivity index (χ1n) is 11.2. The molecule has 3 nitrogen and oxygen atoms in total. The summed E-state index contributed by atoms with van der Waals surface area (Å²) in [6.07, 6.45) is 4.19. The largest absolute Gasteiger partial charge is 0.304 e. The van der Waals surface area contributed by atoms with Gasteiger partial charge in [0, 0.05) is 37.3 Å². The number of piperazine rings is 1. The van der Waals surface area contributed by atoms with Gasteiger partial charge in [0.25, 0.3) is 0 Å². The summed E-state index contributed by atoms with van der Waals surface area (Å²) in [5.41, 5.74) is 1.49. The Bertz CT molecular complexity index is 1110. The van der Waals surface area contributed by atoms with Gasteiger partial charge in [0.1, 0.15) is 5.03 Å². The molecule has 158 valence electrons. The number of hydrogen-bond acceptors (Lipinski definition) is 4. The van der Waals surface area contributed by atoms with Gasteiger partial charge < -0.3 is 9.80 Å². The highest BCUT2D eigenvalue weighted by molar-refractivity contribution is 7.99. The predicted octanol–water partition coefficient (Wildman–Crippen LogP) is 5.72. The van der Waals surface area contributed by atoms with Crippen molar-refractivity contribution in [1.82, 2.24) is 14.8 Å². The summed E-state index contributed by atoms with van der Waals surface area (Å²) in [4.78, 5) is 10.9. The van der Waals surface area contributed by atoms with Crippen molar-refractivity contribution in [3.8, 4) is 0 Å². The molecule has 1 aliphatic heterocycles. The molecule has 0 amide bonds. The van der Waals surface area contributed by atoms with Crippen LogP contribution in [0.5, 0.6) is 0 Å². The first-order chi connectivity index (χ1) is 15.3. The van der Waals surface area contributed by atoms with Crippen molar-refractivity contribution in [1.29, 1.82) is 0 Å². The molecule has 1 aromatic heterocycles. The highest BCUT2D eigenvalue weighted by Gasteiger charge is 2.16. The van der Waals surface area contributed by atoms with Gasteiger partial charge in [-0.25, -0.2) is 4.98 Å². The summed E-state index contributed by atoms with van der Waals surface area (Å²) in [5, 5.41) is 6.49. The lowest BCUT2D eigenvalue weighted by atomic mass is 9.93. The number of hydrogen-bond donors (Lipinski definition) is 0. The maximum atomic E-state index is 4.57. The third-order valence-electron chi connectivity index (χ3n) is 6.34. The van der Waals surface area contributed by atoms with Crippen LogP contribution in [0.25, 0.3) is 21.5 Å². The molecule has 1 aliphatic rings. The van der Waals surface area contributed by atoms with Crippen LogP contribution in [0.4, 0.5) is 0 Å². The van der Waals surface area contributed by atoms with E-state index in [9.17, 15) is 0 Å². The molecule has 0 atom stereocenters. The number of aryl methyl sites for hydroxylation is 1. The summed E-state index contributed by atoms with van der Waals surface area (Å²) in [6.45, 7) is 5.94. The molecule has 0 aliphatic carbocycles. The van der Waals surface area contributed by atoms with Crippen molar-refractivity contribution in [2.75, 3.05) is 39.8 Å². The molecule has 4 heteroatoms. The summed E-state index contributed by atoms with van der Waals surface area (Å²) in [7, 11) is 2.22. The molecule has 3 aromatic carbocycles. The molecule has 0 N–H and O–H groups in total. The highest BCUT2D eigenvalue weighted by atomic mass is 32.2. The Morgan fingerprint density at radius 2 is 1.39 bits per heavy atom. The quantitative estimate of drug-likeness (QED) is 0.366. The van der Waals surface area contributed by atoms with Crippen LogP contribution in [0.1, 0.15) is 12.0 Å². The second-order valence-corrected chi connectivity index (χ2v) is 9.45. The molecule has 0 unspecified atom stereocenters. The summed E-state index contributed by atoms with van der Waals surface area (Å²) >= 11 is 1.78. The zero-order valence-corrected chi connectivity index (χ0v) is 18.9. The van der Waals surface area contributed by atoms with E-state index in [2.05, 4.69) is 82.5 Å². The number of aromatic nitrogens is 1. The van der Waals surface area contributed by atoms with Gasteiger partial charge in [-0.05, 0) is 65.7 Å².